The fourth-order valence-corrected chi connectivity index (χ4v) is 3.34. The van der Waals surface area contributed by atoms with Crippen molar-refractivity contribution in [3.63, 3.8) is 0 Å². The predicted octanol–water partition coefficient (Wildman–Crippen LogP) is 2.58. The van der Waals surface area contributed by atoms with Crippen LogP contribution in [0.1, 0.15) is 15.9 Å². The number of ether oxygens (including phenoxy) is 1. The van der Waals surface area contributed by atoms with Crippen LogP contribution in [0.5, 0.6) is 0 Å². The number of aliphatic imine (C=N–C) groups is 1. The van der Waals surface area contributed by atoms with Crippen LogP contribution in [0.25, 0.3) is 0 Å². The van der Waals surface area contributed by atoms with E-state index in [2.05, 4.69) is 9.89 Å². The van der Waals surface area contributed by atoms with E-state index in [0.29, 0.717) is 28.9 Å². The van der Waals surface area contributed by atoms with Gasteiger partial charge in [-0.05, 0) is 36.9 Å². The Morgan fingerprint density at radius 2 is 2.12 bits per heavy atom. The highest BCUT2D eigenvalue weighted by molar-refractivity contribution is 8.18. The summed E-state index contributed by atoms with van der Waals surface area (Å²) in [6.07, 6.45) is 4.74. The van der Waals surface area contributed by atoms with Gasteiger partial charge in [-0.1, -0.05) is 29.8 Å². The lowest BCUT2D eigenvalue weighted by Crippen LogP contribution is -2.38. The van der Waals surface area contributed by atoms with E-state index < -0.39 is 0 Å². The molecule has 24 heavy (non-hydrogen) atoms. The van der Waals surface area contributed by atoms with Gasteiger partial charge in [-0.15, -0.1) is 0 Å². The molecule has 2 aliphatic heterocycles. The van der Waals surface area contributed by atoms with Crippen molar-refractivity contribution in [2.24, 2.45) is 4.99 Å². The summed E-state index contributed by atoms with van der Waals surface area (Å²) in [6.45, 7) is 4.73. The summed E-state index contributed by atoms with van der Waals surface area (Å²) < 4.78 is 5.30. The van der Waals surface area contributed by atoms with Gasteiger partial charge in [-0.3, -0.25) is 9.59 Å². The second kappa shape index (κ2) is 7.59. The number of morpholine rings is 1. The number of rotatable bonds is 3. The van der Waals surface area contributed by atoms with Crippen molar-refractivity contribution in [3.8, 4) is 0 Å². The normalized spacial score (nSPS) is 20.0. The monoisotopic (exact) mass is 342 g/mol. The lowest BCUT2D eigenvalue weighted by molar-refractivity contribution is -0.113. The average molecular weight is 342 g/mol. The van der Waals surface area contributed by atoms with Gasteiger partial charge in [-0.25, -0.2) is 0 Å². The number of hydrogen-bond acceptors (Lipinski definition) is 5. The minimum atomic E-state index is -0.255. The summed E-state index contributed by atoms with van der Waals surface area (Å²) in [7, 11) is 0. The van der Waals surface area contributed by atoms with Crippen molar-refractivity contribution in [1.82, 2.24) is 4.90 Å². The Morgan fingerprint density at radius 3 is 2.88 bits per heavy atom. The first-order valence-corrected chi connectivity index (χ1v) is 8.58. The number of thioether (sulfide) groups is 1. The Bertz CT molecular complexity index is 746. The van der Waals surface area contributed by atoms with Crippen LogP contribution in [0.3, 0.4) is 0 Å². The van der Waals surface area contributed by atoms with Gasteiger partial charge in [-0.2, -0.15) is 4.99 Å². The quantitative estimate of drug-likeness (QED) is 0.624. The van der Waals surface area contributed by atoms with Crippen LogP contribution < -0.4 is 0 Å². The van der Waals surface area contributed by atoms with Crippen molar-refractivity contribution in [1.29, 1.82) is 0 Å². The highest BCUT2D eigenvalue weighted by Gasteiger charge is 2.26. The molecule has 0 spiro atoms. The first-order chi connectivity index (χ1) is 11.6. The van der Waals surface area contributed by atoms with Crippen LogP contribution in [0.2, 0.25) is 0 Å². The van der Waals surface area contributed by atoms with Crippen LogP contribution >= 0.6 is 11.8 Å². The molecule has 0 bridgehead atoms. The van der Waals surface area contributed by atoms with E-state index in [9.17, 15) is 9.59 Å². The van der Waals surface area contributed by atoms with Gasteiger partial charge in [0.1, 0.15) is 0 Å². The maximum absolute atomic E-state index is 12.1. The van der Waals surface area contributed by atoms with Gasteiger partial charge in [0.25, 0.3) is 5.91 Å². The maximum atomic E-state index is 12.1. The summed E-state index contributed by atoms with van der Waals surface area (Å²) in [5.41, 5.74) is 1.68. The van der Waals surface area contributed by atoms with E-state index in [1.807, 2.05) is 25.1 Å². The fraction of sp³-hybridized carbons (Fsp3) is 0.278. The molecule has 1 aromatic rings. The van der Waals surface area contributed by atoms with E-state index in [1.54, 1.807) is 18.2 Å². The zero-order valence-electron chi connectivity index (χ0n) is 13.4. The number of benzene rings is 1. The highest BCUT2D eigenvalue weighted by Crippen LogP contribution is 2.28. The molecule has 0 radical (unpaired) electrons. The van der Waals surface area contributed by atoms with Gasteiger partial charge >= 0.3 is 0 Å². The van der Waals surface area contributed by atoms with Gasteiger partial charge in [0.15, 0.2) is 11.0 Å². The minimum Gasteiger partial charge on any atom is -0.378 e. The third-order valence-electron chi connectivity index (χ3n) is 3.69. The zero-order chi connectivity index (χ0) is 16.9. The Labute approximate surface area is 145 Å². The van der Waals surface area contributed by atoms with Crippen LogP contribution in [0.4, 0.5) is 0 Å². The van der Waals surface area contributed by atoms with Gasteiger partial charge in [0.05, 0.1) is 18.1 Å². The average Bonchev–Trinajstić information content (AvgIpc) is 2.96. The molecule has 0 N–H and O–H groups in total. The number of hydrogen-bond donors (Lipinski definition) is 0. The third kappa shape index (κ3) is 4.01. The Kier molecular flexibility index (Phi) is 5.27. The van der Waals surface area contributed by atoms with Crippen molar-refractivity contribution in [2.45, 2.75) is 6.92 Å². The van der Waals surface area contributed by atoms with Crippen molar-refractivity contribution in [2.75, 3.05) is 26.3 Å². The number of nitrogens with zero attached hydrogens (tertiary/aromatic N) is 2. The molecule has 6 heteroatoms. The number of amidine groups is 1. The van der Waals surface area contributed by atoms with Gasteiger partial charge in [0.2, 0.25) is 0 Å². The van der Waals surface area contributed by atoms with Crippen LogP contribution in [0.15, 0.2) is 52.4 Å². The molecule has 2 heterocycles. The summed E-state index contributed by atoms with van der Waals surface area (Å²) in [5, 5.41) is 0.716. The molecule has 1 fully saturated rings. The van der Waals surface area contributed by atoms with Crippen molar-refractivity contribution >= 4 is 28.6 Å². The minimum absolute atomic E-state index is 0.0830. The van der Waals surface area contributed by atoms with E-state index in [-0.39, 0.29) is 11.7 Å². The summed E-state index contributed by atoms with van der Waals surface area (Å²) in [6, 6.07) is 7.42. The molecule has 0 aromatic heterocycles. The highest BCUT2D eigenvalue weighted by atomic mass is 32.2. The first kappa shape index (κ1) is 16.7. The van der Waals surface area contributed by atoms with Crippen molar-refractivity contribution in [3.05, 3.63) is 58.5 Å². The van der Waals surface area contributed by atoms with Gasteiger partial charge < -0.3 is 9.64 Å². The molecular weight excluding hydrogens is 324 g/mol. The molecule has 1 saturated heterocycles. The SMILES string of the molecule is Cc1cccc(C(=O)C=CC=C2SC(N3CCOCC3)=NC2=O)c1. The van der Waals surface area contributed by atoms with Crippen LogP contribution in [-0.4, -0.2) is 48.1 Å². The van der Waals surface area contributed by atoms with Crippen molar-refractivity contribution < 1.29 is 14.3 Å². The Balaban J connectivity index is 1.63. The number of carbonyl (C=O) groups is 2. The molecule has 0 saturated carbocycles. The lowest BCUT2D eigenvalue weighted by atomic mass is 10.1. The summed E-state index contributed by atoms with van der Waals surface area (Å²) in [5.74, 6) is -0.338. The second-order valence-corrected chi connectivity index (χ2v) is 6.53. The number of allylic oxidation sites excluding steroid dienone is 3. The van der Waals surface area contributed by atoms with Crippen LogP contribution in [0, 0.1) is 6.92 Å². The zero-order valence-corrected chi connectivity index (χ0v) is 14.2. The van der Waals surface area contributed by atoms with E-state index in [0.717, 1.165) is 18.7 Å². The molecule has 1 aromatic carbocycles. The molecule has 0 atom stereocenters. The maximum Gasteiger partial charge on any atom is 0.286 e. The third-order valence-corrected chi connectivity index (χ3v) is 4.75. The van der Waals surface area contributed by atoms with Crippen LogP contribution in [-0.2, 0) is 9.53 Å². The first-order valence-electron chi connectivity index (χ1n) is 7.76. The number of amides is 1. The molecule has 0 aliphatic carbocycles. The summed E-state index contributed by atoms with van der Waals surface area (Å²) >= 11 is 1.34. The molecular formula is C18H18N2O3S. The Morgan fingerprint density at radius 1 is 1.33 bits per heavy atom. The molecule has 1 amide bonds. The molecule has 2 aliphatic rings. The topological polar surface area (TPSA) is 59.0 Å². The molecule has 0 unspecified atom stereocenters. The fourth-order valence-electron chi connectivity index (χ4n) is 2.42. The summed E-state index contributed by atoms with van der Waals surface area (Å²) in [4.78, 5) is 30.7. The molecule has 124 valence electrons. The van der Waals surface area contributed by atoms with E-state index in [1.165, 1.54) is 17.8 Å². The molecule has 5 nitrogen and oxygen atoms in total. The largest absolute Gasteiger partial charge is 0.378 e. The lowest BCUT2D eigenvalue weighted by Gasteiger charge is -2.27. The number of carbonyl (C=O) groups excluding carboxylic acids is 2. The smallest absolute Gasteiger partial charge is 0.286 e. The van der Waals surface area contributed by atoms with E-state index in [4.69, 9.17) is 4.74 Å². The second-order valence-electron chi connectivity index (χ2n) is 5.52. The predicted molar refractivity (Wildman–Crippen MR) is 95.2 cm³/mol. The number of ketones is 1. The Hall–Kier alpha value is -2.18. The molecule has 3 rings (SSSR count). The van der Waals surface area contributed by atoms with Gasteiger partial charge in [0, 0.05) is 18.7 Å². The standard InChI is InChI=1S/C18H18N2O3S/c1-13-4-2-5-14(12-13)15(21)6-3-7-16-17(22)19-18(24-16)20-8-10-23-11-9-20/h2-7,12H,8-11H2,1H3. The van der Waals surface area contributed by atoms with E-state index >= 15 is 0 Å². The number of aryl methyl sites for hydroxylation is 1.